The third kappa shape index (κ3) is 3.56. The van der Waals surface area contributed by atoms with E-state index < -0.39 is 0 Å². The van der Waals surface area contributed by atoms with E-state index in [1.54, 1.807) is 29.5 Å². The Morgan fingerprint density at radius 1 is 1.08 bits per heavy atom. The fourth-order valence-corrected chi connectivity index (χ4v) is 4.37. The van der Waals surface area contributed by atoms with Gasteiger partial charge in [0.25, 0.3) is 0 Å². The molecule has 26 heavy (non-hydrogen) atoms. The zero-order valence-electron chi connectivity index (χ0n) is 14.4. The smallest absolute Gasteiger partial charge is 0.225 e. The van der Waals surface area contributed by atoms with E-state index in [9.17, 15) is 9.18 Å². The van der Waals surface area contributed by atoms with Crippen molar-refractivity contribution in [2.24, 2.45) is 0 Å². The molecule has 0 bridgehead atoms. The van der Waals surface area contributed by atoms with Gasteiger partial charge in [0.15, 0.2) is 0 Å². The summed E-state index contributed by atoms with van der Waals surface area (Å²) in [7, 11) is 0. The van der Waals surface area contributed by atoms with Crippen LogP contribution < -0.4 is 5.32 Å². The first-order chi connectivity index (χ1) is 12.7. The molecule has 1 heterocycles. The van der Waals surface area contributed by atoms with E-state index in [1.165, 1.54) is 23.6 Å². The standard InChI is InChI=1S/C22H20FNOS/c23-19-8-2-1-5-17(19)14-21(25)24-22(20-9-4-12-26-20)18-11-10-15-6-3-7-16(15)13-18/h1-2,4-5,8-13,22H,3,6-7,14H2,(H,24,25)/t22-/m0/s1. The molecule has 1 N–H and O–H groups in total. The molecule has 0 unspecified atom stereocenters. The first-order valence-corrected chi connectivity index (χ1v) is 9.76. The molecular formula is C22H20FNOS. The Balaban J connectivity index is 1.58. The van der Waals surface area contributed by atoms with Crippen LogP contribution in [-0.2, 0) is 24.1 Å². The van der Waals surface area contributed by atoms with Gasteiger partial charge in [-0.1, -0.05) is 42.5 Å². The molecule has 1 atom stereocenters. The number of carbonyl (C=O) groups is 1. The second-order valence-electron chi connectivity index (χ2n) is 6.67. The maximum Gasteiger partial charge on any atom is 0.225 e. The molecule has 0 fully saturated rings. The second kappa shape index (κ2) is 7.42. The van der Waals surface area contributed by atoms with E-state index in [-0.39, 0.29) is 24.2 Å². The number of carbonyl (C=O) groups excluding carboxylic acids is 1. The first kappa shape index (κ1) is 17.0. The largest absolute Gasteiger partial charge is 0.344 e. The van der Waals surface area contributed by atoms with Crippen LogP contribution in [0.5, 0.6) is 0 Å². The Bertz CT molecular complexity index is 920. The van der Waals surface area contributed by atoms with E-state index in [2.05, 4.69) is 23.5 Å². The highest BCUT2D eigenvalue weighted by molar-refractivity contribution is 7.10. The molecule has 3 aromatic rings. The number of nitrogens with one attached hydrogen (secondary N) is 1. The zero-order valence-corrected chi connectivity index (χ0v) is 15.2. The van der Waals surface area contributed by atoms with E-state index in [1.807, 2.05) is 17.5 Å². The summed E-state index contributed by atoms with van der Waals surface area (Å²) >= 11 is 1.62. The highest BCUT2D eigenvalue weighted by atomic mass is 32.1. The predicted octanol–water partition coefficient (Wildman–Crippen LogP) is 4.82. The molecule has 1 aliphatic rings. The number of amides is 1. The van der Waals surface area contributed by atoms with Crippen LogP contribution in [0, 0.1) is 5.82 Å². The summed E-state index contributed by atoms with van der Waals surface area (Å²) in [5.74, 6) is -0.512. The van der Waals surface area contributed by atoms with Crippen molar-refractivity contribution in [1.82, 2.24) is 5.32 Å². The van der Waals surface area contributed by atoms with Gasteiger partial charge in [0.05, 0.1) is 12.5 Å². The summed E-state index contributed by atoms with van der Waals surface area (Å²) in [5.41, 5.74) is 4.31. The number of thiophene rings is 1. The van der Waals surface area contributed by atoms with Crippen molar-refractivity contribution >= 4 is 17.2 Å². The number of fused-ring (bicyclic) bond motifs is 1. The highest BCUT2D eigenvalue weighted by Crippen LogP contribution is 2.30. The number of hydrogen-bond donors (Lipinski definition) is 1. The summed E-state index contributed by atoms with van der Waals surface area (Å²) in [4.78, 5) is 13.7. The van der Waals surface area contributed by atoms with Gasteiger partial charge in [-0.2, -0.15) is 0 Å². The Morgan fingerprint density at radius 2 is 1.92 bits per heavy atom. The van der Waals surface area contributed by atoms with Crippen LogP contribution in [0.2, 0.25) is 0 Å². The lowest BCUT2D eigenvalue weighted by atomic mass is 9.99. The number of aryl methyl sites for hydroxylation is 2. The van der Waals surface area contributed by atoms with Crippen LogP contribution in [0.4, 0.5) is 4.39 Å². The molecule has 1 aliphatic carbocycles. The van der Waals surface area contributed by atoms with Crippen LogP contribution in [0.3, 0.4) is 0 Å². The van der Waals surface area contributed by atoms with Crippen LogP contribution in [-0.4, -0.2) is 5.91 Å². The Morgan fingerprint density at radius 3 is 2.73 bits per heavy atom. The van der Waals surface area contributed by atoms with Gasteiger partial charge in [0.1, 0.15) is 5.82 Å². The van der Waals surface area contributed by atoms with Crippen molar-refractivity contribution in [2.45, 2.75) is 31.7 Å². The SMILES string of the molecule is O=C(Cc1ccccc1F)N[C@@H](c1ccc2c(c1)CCC2)c1cccs1. The van der Waals surface area contributed by atoms with E-state index in [4.69, 9.17) is 0 Å². The molecule has 0 saturated heterocycles. The summed E-state index contributed by atoms with van der Waals surface area (Å²) in [6.07, 6.45) is 3.48. The van der Waals surface area contributed by atoms with Gasteiger partial charge in [-0.15, -0.1) is 11.3 Å². The molecule has 4 rings (SSSR count). The summed E-state index contributed by atoms with van der Waals surface area (Å²) in [5, 5.41) is 5.12. The van der Waals surface area contributed by atoms with Crippen LogP contribution >= 0.6 is 11.3 Å². The second-order valence-corrected chi connectivity index (χ2v) is 7.65. The molecule has 0 aliphatic heterocycles. The van der Waals surface area contributed by atoms with Crippen molar-refractivity contribution in [3.8, 4) is 0 Å². The van der Waals surface area contributed by atoms with Gasteiger partial charge in [-0.05, 0) is 59.0 Å². The highest BCUT2D eigenvalue weighted by Gasteiger charge is 2.21. The zero-order chi connectivity index (χ0) is 17.9. The van der Waals surface area contributed by atoms with Gasteiger partial charge >= 0.3 is 0 Å². The fraction of sp³-hybridized carbons (Fsp3) is 0.227. The van der Waals surface area contributed by atoms with Crippen molar-refractivity contribution in [3.05, 3.63) is 92.9 Å². The molecule has 0 radical (unpaired) electrons. The average Bonchev–Trinajstić information content (AvgIpc) is 3.32. The van der Waals surface area contributed by atoms with Gasteiger partial charge in [0, 0.05) is 4.88 Å². The molecule has 0 saturated carbocycles. The number of rotatable bonds is 5. The van der Waals surface area contributed by atoms with Gasteiger partial charge in [-0.3, -0.25) is 4.79 Å². The quantitative estimate of drug-likeness (QED) is 0.690. The van der Waals surface area contributed by atoms with E-state index >= 15 is 0 Å². The van der Waals surface area contributed by atoms with E-state index in [0.717, 1.165) is 23.3 Å². The lowest BCUT2D eigenvalue weighted by Gasteiger charge is -2.19. The lowest BCUT2D eigenvalue weighted by Crippen LogP contribution is -2.30. The van der Waals surface area contributed by atoms with Gasteiger partial charge in [-0.25, -0.2) is 4.39 Å². The minimum Gasteiger partial charge on any atom is -0.344 e. The fourth-order valence-electron chi connectivity index (χ4n) is 3.57. The molecule has 0 spiro atoms. The third-order valence-corrected chi connectivity index (χ3v) is 5.83. The molecule has 2 aromatic carbocycles. The minimum atomic E-state index is -0.340. The maximum absolute atomic E-state index is 13.9. The molecule has 4 heteroatoms. The van der Waals surface area contributed by atoms with Gasteiger partial charge in [0.2, 0.25) is 5.91 Å². The van der Waals surface area contributed by atoms with Gasteiger partial charge < -0.3 is 5.32 Å². The molecule has 1 aromatic heterocycles. The molecule has 2 nitrogen and oxygen atoms in total. The average molecular weight is 365 g/mol. The van der Waals surface area contributed by atoms with Crippen LogP contribution in [0.25, 0.3) is 0 Å². The summed E-state index contributed by atoms with van der Waals surface area (Å²) < 4.78 is 13.9. The minimum absolute atomic E-state index is 0.0412. The maximum atomic E-state index is 13.9. The van der Waals surface area contributed by atoms with Crippen molar-refractivity contribution in [1.29, 1.82) is 0 Å². The van der Waals surface area contributed by atoms with Crippen molar-refractivity contribution in [3.63, 3.8) is 0 Å². The molecule has 1 amide bonds. The topological polar surface area (TPSA) is 29.1 Å². The van der Waals surface area contributed by atoms with Crippen LogP contribution in [0.15, 0.2) is 60.0 Å². The lowest BCUT2D eigenvalue weighted by molar-refractivity contribution is -0.121. The van der Waals surface area contributed by atoms with Crippen molar-refractivity contribution < 1.29 is 9.18 Å². The Labute approximate surface area is 156 Å². The predicted molar refractivity (Wildman–Crippen MR) is 103 cm³/mol. The summed E-state index contributed by atoms with van der Waals surface area (Å²) in [6.45, 7) is 0. The Hall–Kier alpha value is -2.46. The number of benzene rings is 2. The third-order valence-electron chi connectivity index (χ3n) is 4.90. The first-order valence-electron chi connectivity index (χ1n) is 8.88. The molecular weight excluding hydrogens is 345 g/mol. The summed E-state index contributed by atoms with van der Waals surface area (Å²) in [6, 6.07) is 16.8. The normalized spacial score (nSPS) is 14.0. The number of halogens is 1. The Kier molecular flexibility index (Phi) is 4.85. The monoisotopic (exact) mass is 365 g/mol. The van der Waals surface area contributed by atoms with E-state index in [0.29, 0.717) is 5.56 Å². The van der Waals surface area contributed by atoms with Crippen LogP contribution in [0.1, 0.15) is 39.6 Å². The molecule has 132 valence electrons. The van der Waals surface area contributed by atoms with Crippen molar-refractivity contribution in [2.75, 3.05) is 0 Å². The number of hydrogen-bond acceptors (Lipinski definition) is 2.